The molecule has 1 heterocycles. The molecule has 0 radical (unpaired) electrons. The van der Waals surface area contributed by atoms with Gasteiger partial charge in [-0.2, -0.15) is 0 Å². The monoisotopic (exact) mass is 351 g/mol. The van der Waals surface area contributed by atoms with Crippen LogP contribution >= 0.6 is 15.9 Å². The Morgan fingerprint density at radius 2 is 2.10 bits per heavy atom. The minimum atomic E-state index is -0.488. The van der Waals surface area contributed by atoms with Gasteiger partial charge in [0.2, 0.25) is 5.88 Å². The molecule has 5 nitrogen and oxygen atoms in total. The Balaban J connectivity index is 1.82. The third-order valence-corrected chi connectivity index (χ3v) is 3.06. The van der Waals surface area contributed by atoms with E-state index in [9.17, 15) is 4.79 Å². The van der Waals surface area contributed by atoms with Gasteiger partial charge in [-0.05, 0) is 30.3 Å². The van der Waals surface area contributed by atoms with Gasteiger partial charge >= 0.3 is 5.97 Å². The van der Waals surface area contributed by atoms with Crippen molar-refractivity contribution in [2.24, 2.45) is 0 Å². The van der Waals surface area contributed by atoms with Crippen LogP contribution in [0.25, 0.3) is 0 Å². The van der Waals surface area contributed by atoms with Crippen molar-refractivity contribution in [2.75, 3.05) is 20.3 Å². The number of carbonyl (C=O) groups excluding carboxylic acids is 1. The highest BCUT2D eigenvalue weighted by Gasteiger charge is 2.13. The number of hydrogen-bond donors (Lipinski definition) is 0. The highest BCUT2D eigenvalue weighted by atomic mass is 79.9. The van der Waals surface area contributed by atoms with Crippen molar-refractivity contribution in [2.45, 2.75) is 0 Å². The fourth-order valence-corrected chi connectivity index (χ4v) is 2.02. The maximum Gasteiger partial charge on any atom is 0.343 e. The number of methoxy groups -OCH3 is 1. The minimum Gasteiger partial charge on any atom is -0.490 e. The third kappa shape index (κ3) is 4.46. The average molecular weight is 352 g/mol. The van der Waals surface area contributed by atoms with Crippen LogP contribution in [0.4, 0.5) is 0 Å². The SMILES string of the molecule is COc1ncccc1C(=O)OCCOc1cccc(Br)c1. The molecule has 0 bridgehead atoms. The molecule has 1 aromatic heterocycles. The highest BCUT2D eigenvalue weighted by Crippen LogP contribution is 2.18. The van der Waals surface area contributed by atoms with Crippen molar-refractivity contribution in [1.29, 1.82) is 0 Å². The summed E-state index contributed by atoms with van der Waals surface area (Å²) in [5.41, 5.74) is 0.294. The first-order valence-corrected chi connectivity index (χ1v) is 7.04. The number of aromatic nitrogens is 1. The largest absolute Gasteiger partial charge is 0.490 e. The average Bonchev–Trinajstić information content (AvgIpc) is 2.51. The molecule has 0 amide bonds. The molecule has 2 aromatic rings. The van der Waals surface area contributed by atoms with E-state index in [0.717, 1.165) is 4.47 Å². The molecule has 0 saturated heterocycles. The normalized spacial score (nSPS) is 10.0. The van der Waals surface area contributed by atoms with Crippen LogP contribution in [0.1, 0.15) is 10.4 Å². The van der Waals surface area contributed by atoms with Gasteiger partial charge in [-0.15, -0.1) is 0 Å². The fourth-order valence-electron chi connectivity index (χ4n) is 1.64. The number of pyridine rings is 1. The second kappa shape index (κ2) is 7.64. The molecule has 0 aliphatic rings. The van der Waals surface area contributed by atoms with Crippen LogP contribution in [0.3, 0.4) is 0 Å². The van der Waals surface area contributed by atoms with Crippen LogP contribution in [-0.4, -0.2) is 31.3 Å². The first-order valence-electron chi connectivity index (χ1n) is 6.25. The van der Waals surface area contributed by atoms with Crippen LogP contribution in [0.5, 0.6) is 11.6 Å². The Morgan fingerprint density at radius 1 is 1.24 bits per heavy atom. The quantitative estimate of drug-likeness (QED) is 0.591. The number of halogens is 1. The number of rotatable bonds is 6. The van der Waals surface area contributed by atoms with Gasteiger partial charge in [-0.3, -0.25) is 0 Å². The van der Waals surface area contributed by atoms with Gasteiger partial charge in [0.25, 0.3) is 0 Å². The summed E-state index contributed by atoms with van der Waals surface area (Å²) in [6.45, 7) is 0.411. The molecule has 0 aliphatic carbocycles. The summed E-state index contributed by atoms with van der Waals surface area (Å²) in [4.78, 5) is 15.8. The molecule has 0 unspecified atom stereocenters. The number of hydrogen-bond acceptors (Lipinski definition) is 5. The first kappa shape index (κ1) is 15.3. The lowest BCUT2D eigenvalue weighted by Crippen LogP contribution is -2.13. The zero-order valence-corrected chi connectivity index (χ0v) is 13.0. The number of nitrogens with zero attached hydrogens (tertiary/aromatic N) is 1. The molecular formula is C15H14BrNO4. The van der Waals surface area contributed by atoms with Crippen molar-refractivity contribution >= 4 is 21.9 Å². The van der Waals surface area contributed by atoms with E-state index < -0.39 is 5.97 Å². The van der Waals surface area contributed by atoms with Gasteiger partial charge in [0.05, 0.1) is 7.11 Å². The van der Waals surface area contributed by atoms with Crippen molar-refractivity contribution in [3.63, 3.8) is 0 Å². The van der Waals surface area contributed by atoms with Crippen LogP contribution in [-0.2, 0) is 4.74 Å². The maximum atomic E-state index is 11.9. The van der Waals surface area contributed by atoms with Crippen molar-refractivity contribution in [3.8, 4) is 11.6 Å². The summed E-state index contributed by atoms with van der Waals surface area (Å²) in [5.74, 6) is 0.465. The zero-order chi connectivity index (χ0) is 15.1. The van der Waals surface area contributed by atoms with Crippen molar-refractivity contribution in [1.82, 2.24) is 4.98 Å². The highest BCUT2D eigenvalue weighted by molar-refractivity contribution is 9.10. The minimum absolute atomic E-state index is 0.142. The topological polar surface area (TPSA) is 57.7 Å². The van der Waals surface area contributed by atoms with E-state index in [4.69, 9.17) is 14.2 Å². The standard InChI is InChI=1S/C15H14BrNO4/c1-19-14-13(6-3-7-17-14)15(18)21-9-8-20-12-5-2-4-11(16)10-12/h2-7,10H,8-9H2,1H3. The van der Waals surface area contributed by atoms with E-state index in [-0.39, 0.29) is 19.1 Å². The number of carbonyl (C=O) groups is 1. The maximum absolute atomic E-state index is 11.9. The van der Waals surface area contributed by atoms with Gasteiger partial charge in [-0.1, -0.05) is 22.0 Å². The van der Waals surface area contributed by atoms with E-state index >= 15 is 0 Å². The van der Waals surface area contributed by atoms with Crippen LogP contribution in [0.2, 0.25) is 0 Å². The predicted molar refractivity (Wildman–Crippen MR) is 80.7 cm³/mol. The van der Waals surface area contributed by atoms with Gasteiger partial charge < -0.3 is 14.2 Å². The Kier molecular flexibility index (Phi) is 5.57. The molecule has 0 saturated carbocycles. The van der Waals surface area contributed by atoms with E-state index in [0.29, 0.717) is 11.3 Å². The number of esters is 1. The van der Waals surface area contributed by atoms with Crippen LogP contribution in [0, 0.1) is 0 Å². The molecule has 0 aliphatic heterocycles. The lowest BCUT2D eigenvalue weighted by molar-refractivity contribution is 0.0446. The number of ether oxygens (including phenoxy) is 3. The second-order valence-corrected chi connectivity index (χ2v) is 4.92. The molecule has 110 valence electrons. The van der Waals surface area contributed by atoms with Gasteiger partial charge in [0.1, 0.15) is 24.5 Å². The summed E-state index contributed by atoms with van der Waals surface area (Å²) >= 11 is 3.35. The predicted octanol–water partition coefficient (Wildman–Crippen LogP) is 3.09. The molecule has 6 heteroatoms. The van der Waals surface area contributed by atoms with Gasteiger partial charge in [0, 0.05) is 10.7 Å². The lowest BCUT2D eigenvalue weighted by atomic mass is 10.3. The Bertz CT molecular complexity index is 618. The van der Waals surface area contributed by atoms with Crippen LogP contribution in [0.15, 0.2) is 47.1 Å². The molecule has 0 atom stereocenters. The second-order valence-electron chi connectivity index (χ2n) is 4.00. The molecule has 0 fully saturated rings. The Hall–Kier alpha value is -2.08. The molecule has 0 spiro atoms. The van der Waals surface area contributed by atoms with Crippen molar-refractivity contribution < 1.29 is 19.0 Å². The van der Waals surface area contributed by atoms with Crippen molar-refractivity contribution in [3.05, 3.63) is 52.6 Å². The van der Waals surface area contributed by atoms with E-state index in [1.807, 2.05) is 24.3 Å². The molecular weight excluding hydrogens is 338 g/mol. The van der Waals surface area contributed by atoms with E-state index in [1.165, 1.54) is 7.11 Å². The Morgan fingerprint density at radius 3 is 2.86 bits per heavy atom. The molecule has 21 heavy (non-hydrogen) atoms. The molecule has 1 aromatic carbocycles. The van der Waals surface area contributed by atoms with E-state index in [2.05, 4.69) is 20.9 Å². The van der Waals surface area contributed by atoms with Gasteiger partial charge in [0.15, 0.2) is 0 Å². The summed E-state index contributed by atoms with van der Waals surface area (Å²) in [6, 6.07) is 10.7. The lowest BCUT2D eigenvalue weighted by Gasteiger charge is -2.09. The van der Waals surface area contributed by atoms with Gasteiger partial charge in [-0.25, -0.2) is 9.78 Å². The third-order valence-electron chi connectivity index (χ3n) is 2.57. The number of benzene rings is 1. The zero-order valence-electron chi connectivity index (χ0n) is 11.4. The summed E-state index contributed by atoms with van der Waals surface area (Å²) in [6.07, 6.45) is 1.55. The molecule has 0 N–H and O–H groups in total. The first-order chi connectivity index (χ1) is 10.2. The molecule has 2 rings (SSSR count). The van der Waals surface area contributed by atoms with E-state index in [1.54, 1.807) is 18.3 Å². The summed E-state index contributed by atoms with van der Waals surface area (Å²) in [5, 5.41) is 0. The smallest absolute Gasteiger partial charge is 0.343 e. The van der Waals surface area contributed by atoms with Crippen LogP contribution < -0.4 is 9.47 Å². The fraction of sp³-hybridized carbons (Fsp3) is 0.200. The summed E-state index contributed by atoms with van der Waals surface area (Å²) in [7, 11) is 1.45. The summed E-state index contributed by atoms with van der Waals surface area (Å²) < 4.78 is 16.5. The Labute approximate surface area is 131 Å².